The highest BCUT2D eigenvalue weighted by atomic mass is 35.5. The first-order chi connectivity index (χ1) is 18.8. The maximum atomic E-state index is 13.3. The topological polar surface area (TPSA) is 116 Å². The number of hydrogen-bond donors (Lipinski definition) is 1. The van der Waals surface area contributed by atoms with Gasteiger partial charge in [0.1, 0.15) is 5.75 Å². The van der Waals surface area contributed by atoms with Crippen LogP contribution in [0.25, 0.3) is 0 Å². The summed E-state index contributed by atoms with van der Waals surface area (Å²) in [5.41, 5.74) is 1.41. The van der Waals surface area contributed by atoms with Gasteiger partial charge in [0, 0.05) is 60.7 Å². The fourth-order valence-electron chi connectivity index (χ4n) is 4.24. The minimum atomic E-state index is -3.77. The molecule has 1 fully saturated rings. The molecule has 0 bridgehead atoms. The highest BCUT2D eigenvalue weighted by Crippen LogP contribution is 2.29. The average Bonchev–Trinajstić information content (AvgIpc) is 2.91. The summed E-state index contributed by atoms with van der Waals surface area (Å²) in [5.74, 6) is -0.185. The van der Waals surface area contributed by atoms with E-state index >= 15 is 0 Å². The number of rotatable bonds is 8. The van der Waals surface area contributed by atoms with Gasteiger partial charge in [0.05, 0.1) is 29.5 Å². The van der Waals surface area contributed by atoms with Gasteiger partial charge in [-0.1, -0.05) is 23.2 Å². The zero-order valence-electron chi connectivity index (χ0n) is 22.0. The number of sulfonamides is 2. The van der Waals surface area contributed by atoms with Crippen LogP contribution in [0.2, 0.25) is 10.0 Å². The first-order valence-corrected chi connectivity index (χ1v) is 16.1. The zero-order valence-corrected chi connectivity index (χ0v) is 25.1. The number of benzene rings is 3. The Bertz CT molecular complexity index is 1610. The van der Waals surface area contributed by atoms with Crippen molar-refractivity contribution >= 4 is 66.2 Å². The largest absolute Gasteiger partial charge is 0.497 e. The van der Waals surface area contributed by atoms with Crippen LogP contribution in [0.5, 0.6) is 5.75 Å². The Balaban J connectivity index is 1.46. The maximum absolute atomic E-state index is 13.3. The van der Waals surface area contributed by atoms with Crippen LogP contribution in [0.3, 0.4) is 0 Å². The highest BCUT2D eigenvalue weighted by molar-refractivity contribution is 7.92. The first-order valence-electron chi connectivity index (χ1n) is 12.0. The van der Waals surface area contributed by atoms with Gasteiger partial charge < -0.3 is 15.0 Å². The van der Waals surface area contributed by atoms with Crippen molar-refractivity contribution in [2.24, 2.45) is 0 Å². The molecule has 10 nitrogen and oxygen atoms in total. The zero-order chi connectivity index (χ0) is 29.2. The van der Waals surface area contributed by atoms with Crippen molar-refractivity contribution in [1.29, 1.82) is 0 Å². The molecule has 14 heteroatoms. The van der Waals surface area contributed by atoms with Gasteiger partial charge >= 0.3 is 0 Å². The number of halogens is 2. The smallest absolute Gasteiger partial charge is 0.257 e. The van der Waals surface area contributed by atoms with E-state index in [1.165, 1.54) is 54.9 Å². The molecule has 1 saturated heterocycles. The first kappa shape index (κ1) is 29.9. The van der Waals surface area contributed by atoms with Crippen LogP contribution in [0.1, 0.15) is 10.4 Å². The fraction of sp³-hybridized carbons (Fsp3) is 0.269. The van der Waals surface area contributed by atoms with Crippen molar-refractivity contribution < 1.29 is 26.4 Å². The van der Waals surface area contributed by atoms with E-state index in [1.807, 2.05) is 4.90 Å². The summed E-state index contributed by atoms with van der Waals surface area (Å²) in [5, 5.41) is 3.71. The molecular weight excluding hydrogens is 599 g/mol. The normalized spacial score (nSPS) is 14.6. The van der Waals surface area contributed by atoms with Crippen LogP contribution in [-0.4, -0.2) is 73.6 Å². The summed E-state index contributed by atoms with van der Waals surface area (Å²) in [4.78, 5) is 15.2. The molecule has 214 valence electrons. The number of carbonyl (C=O) groups excluding carboxylic acids is 1. The summed E-state index contributed by atoms with van der Waals surface area (Å²) in [6, 6.07) is 15.5. The molecule has 1 amide bonds. The minimum Gasteiger partial charge on any atom is -0.497 e. The van der Waals surface area contributed by atoms with Gasteiger partial charge in [0.25, 0.3) is 5.91 Å². The third kappa shape index (κ3) is 6.64. The van der Waals surface area contributed by atoms with E-state index in [0.29, 0.717) is 34.6 Å². The predicted octanol–water partition coefficient (Wildman–Crippen LogP) is 4.16. The SMILES string of the molecule is COc1ccc(C(=O)Nc2ccc(S(=O)(=O)N3CCN(c4cc(Cl)cc(Cl)c4)CC3)cc2)c(N(C)S(C)(=O)=O)c1. The third-order valence-corrected chi connectivity index (χ3v) is 10.0. The van der Waals surface area contributed by atoms with Crippen LogP contribution in [0.4, 0.5) is 17.1 Å². The second-order valence-corrected chi connectivity index (χ2v) is 13.9. The lowest BCUT2D eigenvalue weighted by Gasteiger charge is -2.35. The van der Waals surface area contributed by atoms with E-state index in [4.69, 9.17) is 27.9 Å². The molecule has 0 spiro atoms. The molecule has 0 unspecified atom stereocenters. The second-order valence-electron chi connectivity index (χ2n) is 9.11. The van der Waals surface area contributed by atoms with Gasteiger partial charge in [-0.15, -0.1) is 0 Å². The van der Waals surface area contributed by atoms with Crippen molar-refractivity contribution in [2.45, 2.75) is 4.90 Å². The second kappa shape index (κ2) is 11.8. The van der Waals surface area contributed by atoms with Crippen LogP contribution in [0, 0.1) is 0 Å². The molecule has 1 N–H and O–H groups in total. The molecule has 40 heavy (non-hydrogen) atoms. The Morgan fingerprint density at radius 2 is 1.50 bits per heavy atom. The summed E-state index contributed by atoms with van der Waals surface area (Å²) in [7, 11) is -4.65. The third-order valence-electron chi connectivity index (χ3n) is 6.49. The number of ether oxygens (including phenoxy) is 1. The van der Waals surface area contributed by atoms with Crippen molar-refractivity contribution in [3.05, 3.63) is 76.3 Å². The Labute approximate surface area is 244 Å². The molecule has 0 saturated carbocycles. The molecule has 0 aromatic heterocycles. The molecular formula is C26H28Cl2N4O6S2. The number of carbonyl (C=O) groups is 1. The Kier molecular flexibility index (Phi) is 8.86. The minimum absolute atomic E-state index is 0.0895. The average molecular weight is 628 g/mol. The molecule has 3 aromatic rings. The van der Waals surface area contributed by atoms with Crippen molar-refractivity contribution in [3.8, 4) is 5.75 Å². The van der Waals surface area contributed by atoms with Gasteiger partial charge in [-0.25, -0.2) is 16.8 Å². The van der Waals surface area contributed by atoms with E-state index in [2.05, 4.69) is 5.32 Å². The molecule has 1 aliphatic rings. The summed E-state index contributed by atoms with van der Waals surface area (Å²) in [6.07, 6.45) is 1.03. The number of methoxy groups -OCH3 is 1. The van der Waals surface area contributed by atoms with Crippen LogP contribution in [0.15, 0.2) is 65.6 Å². The molecule has 1 heterocycles. The Morgan fingerprint density at radius 3 is 2.05 bits per heavy atom. The maximum Gasteiger partial charge on any atom is 0.257 e. The van der Waals surface area contributed by atoms with E-state index in [1.54, 1.807) is 24.3 Å². The summed E-state index contributed by atoms with van der Waals surface area (Å²) in [6.45, 7) is 1.49. The van der Waals surface area contributed by atoms with Crippen molar-refractivity contribution in [3.63, 3.8) is 0 Å². The van der Waals surface area contributed by atoms with Crippen LogP contribution < -0.4 is 19.3 Å². The van der Waals surface area contributed by atoms with E-state index in [0.717, 1.165) is 16.2 Å². The highest BCUT2D eigenvalue weighted by Gasteiger charge is 2.29. The van der Waals surface area contributed by atoms with Gasteiger partial charge in [-0.3, -0.25) is 9.10 Å². The number of amides is 1. The van der Waals surface area contributed by atoms with Crippen molar-refractivity contribution in [2.75, 3.05) is 61.1 Å². The Morgan fingerprint density at radius 1 is 0.900 bits per heavy atom. The number of anilines is 3. The summed E-state index contributed by atoms with van der Waals surface area (Å²) >= 11 is 12.2. The lowest BCUT2D eigenvalue weighted by molar-refractivity contribution is 0.102. The standard InChI is InChI=1S/C26H28Cl2N4O6S2/c1-30(39(3,34)35)25-17-22(38-2)6-9-24(25)26(33)29-20-4-7-23(8-5-20)40(36,37)32-12-10-31(11-13-32)21-15-18(27)14-19(28)16-21/h4-9,14-17H,10-13H2,1-3H3,(H,29,33). The molecule has 4 rings (SSSR count). The monoisotopic (exact) mass is 626 g/mol. The Hall–Kier alpha value is -3.03. The number of hydrogen-bond acceptors (Lipinski definition) is 7. The fourth-order valence-corrected chi connectivity index (χ4v) is 6.68. The van der Waals surface area contributed by atoms with Gasteiger partial charge in [-0.05, 0) is 54.6 Å². The van der Waals surface area contributed by atoms with Crippen LogP contribution in [-0.2, 0) is 20.0 Å². The van der Waals surface area contributed by atoms with Gasteiger partial charge in [0.15, 0.2) is 0 Å². The number of piperazine rings is 1. The molecule has 0 aliphatic carbocycles. The van der Waals surface area contributed by atoms with Crippen LogP contribution >= 0.6 is 23.2 Å². The quantitative estimate of drug-likeness (QED) is 0.399. The number of nitrogens with one attached hydrogen (secondary N) is 1. The number of nitrogens with zero attached hydrogens (tertiary/aromatic N) is 3. The van der Waals surface area contributed by atoms with Crippen molar-refractivity contribution in [1.82, 2.24) is 4.31 Å². The predicted molar refractivity (Wildman–Crippen MR) is 158 cm³/mol. The summed E-state index contributed by atoms with van der Waals surface area (Å²) < 4.78 is 58.4. The van der Waals surface area contributed by atoms with E-state index in [-0.39, 0.29) is 29.2 Å². The molecule has 3 aromatic carbocycles. The lowest BCUT2D eigenvalue weighted by atomic mass is 10.1. The molecule has 1 aliphatic heterocycles. The van der Waals surface area contributed by atoms with Gasteiger partial charge in [-0.2, -0.15) is 4.31 Å². The lowest BCUT2D eigenvalue weighted by Crippen LogP contribution is -2.48. The van der Waals surface area contributed by atoms with Gasteiger partial charge in [0.2, 0.25) is 20.0 Å². The van der Waals surface area contributed by atoms with E-state index in [9.17, 15) is 21.6 Å². The molecule has 0 atom stereocenters. The van der Waals surface area contributed by atoms with E-state index < -0.39 is 26.0 Å². The molecule has 0 radical (unpaired) electrons.